The Morgan fingerprint density at radius 1 is 1.39 bits per heavy atom. The number of amides is 1. The van der Waals surface area contributed by atoms with Gasteiger partial charge in [-0.1, -0.05) is 0 Å². The third-order valence-corrected chi connectivity index (χ3v) is 4.61. The van der Waals surface area contributed by atoms with Gasteiger partial charge in [0.05, 0.1) is 12.6 Å². The van der Waals surface area contributed by atoms with Crippen molar-refractivity contribution in [1.29, 1.82) is 0 Å². The highest BCUT2D eigenvalue weighted by Crippen LogP contribution is 2.35. The molecule has 1 saturated carbocycles. The number of hydrogen-bond acceptors (Lipinski definition) is 6. The second kappa shape index (κ2) is 5.73. The second-order valence-electron chi connectivity index (χ2n) is 6.42. The number of carbonyl (C=O) groups is 1. The van der Waals surface area contributed by atoms with Crippen LogP contribution in [0, 0.1) is 0 Å². The number of tetrazole rings is 1. The molecule has 2 fully saturated rings. The average Bonchev–Trinajstić information content (AvgIpc) is 3.09. The van der Waals surface area contributed by atoms with E-state index in [1.165, 1.54) is 12.8 Å². The molecule has 23 heavy (non-hydrogen) atoms. The number of piperidine rings is 1. The van der Waals surface area contributed by atoms with Gasteiger partial charge in [0.25, 0.3) is 5.91 Å². The molecule has 3 heterocycles. The van der Waals surface area contributed by atoms with Crippen molar-refractivity contribution in [3.8, 4) is 0 Å². The zero-order valence-electron chi connectivity index (χ0n) is 12.9. The molecule has 9 nitrogen and oxygen atoms in total. The van der Waals surface area contributed by atoms with E-state index >= 15 is 0 Å². The summed E-state index contributed by atoms with van der Waals surface area (Å²) in [6.07, 6.45) is 4.51. The number of carbonyl (C=O) groups excluding carboxylic acids is 1. The first kappa shape index (κ1) is 14.3. The van der Waals surface area contributed by atoms with E-state index < -0.39 is 5.91 Å². The van der Waals surface area contributed by atoms with Crippen LogP contribution in [0.5, 0.6) is 0 Å². The highest BCUT2D eigenvalue weighted by atomic mass is 16.1. The topological polar surface area (TPSA) is 119 Å². The van der Waals surface area contributed by atoms with Gasteiger partial charge in [-0.2, -0.15) is 5.10 Å². The van der Waals surface area contributed by atoms with E-state index in [1.54, 1.807) is 6.07 Å². The van der Waals surface area contributed by atoms with Crippen LogP contribution in [0.3, 0.4) is 0 Å². The van der Waals surface area contributed by atoms with Gasteiger partial charge < -0.3 is 5.73 Å². The van der Waals surface area contributed by atoms with Crippen LogP contribution in [-0.4, -0.2) is 54.3 Å². The summed E-state index contributed by atoms with van der Waals surface area (Å²) in [7, 11) is 0. The SMILES string of the molecule is NC(=O)c1cc([C@H]2CCCN(Cc3nnnn3C3CC3)C2)[nH]n1. The summed E-state index contributed by atoms with van der Waals surface area (Å²) in [5.74, 6) is 0.772. The number of nitrogens with two attached hydrogens (primary N) is 1. The fourth-order valence-electron chi connectivity index (χ4n) is 3.24. The smallest absolute Gasteiger partial charge is 0.269 e. The van der Waals surface area contributed by atoms with Gasteiger partial charge in [-0.25, -0.2) is 4.68 Å². The van der Waals surface area contributed by atoms with Crippen LogP contribution in [-0.2, 0) is 6.54 Å². The summed E-state index contributed by atoms with van der Waals surface area (Å²) in [6, 6.07) is 2.26. The molecule has 4 rings (SSSR count). The monoisotopic (exact) mass is 316 g/mol. The summed E-state index contributed by atoms with van der Waals surface area (Å²) < 4.78 is 1.96. The molecular weight excluding hydrogens is 296 g/mol. The number of primary amides is 1. The minimum absolute atomic E-state index is 0.301. The summed E-state index contributed by atoms with van der Waals surface area (Å²) in [4.78, 5) is 13.5. The van der Waals surface area contributed by atoms with E-state index in [4.69, 9.17) is 5.73 Å². The summed E-state index contributed by atoms with van der Waals surface area (Å²) in [5, 5.41) is 19.0. The van der Waals surface area contributed by atoms with Gasteiger partial charge >= 0.3 is 0 Å². The number of aromatic amines is 1. The van der Waals surface area contributed by atoms with Crippen molar-refractivity contribution < 1.29 is 4.79 Å². The molecule has 2 aromatic heterocycles. The minimum Gasteiger partial charge on any atom is -0.364 e. The van der Waals surface area contributed by atoms with E-state index in [9.17, 15) is 4.79 Å². The number of aromatic nitrogens is 6. The van der Waals surface area contributed by atoms with Crippen molar-refractivity contribution in [3.63, 3.8) is 0 Å². The predicted molar refractivity (Wildman–Crippen MR) is 80.4 cm³/mol. The number of nitrogens with one attached hydrogen (secondary N) is 1. The van der Waals surface area contributed by atoms with Crippen molar-refractivity contribution in [3.05, 3.63) is 23.3 Å². The average molecular weight is 316 g/mol. The van der Waals surface area contributed by atoms with Gasteiger partial charge in [-0.15, -0.1) is 5.10 Å². The van der Waals surface area contributed by atoms with Gasteiger partial charge in [0, 0.05) is 18.2 Å². The fourth-order valence-corrected chi connectivity index (χ4v) is 3.24. The molecule has 1 amide bonds. The second-order valence-corrected chi connectivity index (χ2v) is 6.42. The van der Waals surface area contributed by atoms with Gasteiger partial charge in [0.15, 0.2) is 5.82 Å². The Labute approximate surface area is 133 Å². The van der Waals surface area contributed by atoms with Crippen molar-refractivity contribution >= 4 is 5.91 Å². The van der Waals surface area contributed by atoms with Crippen LogP contribution in [0.25, 0.3) is 0 Å². The van der Waals surface area contributed by atoms with Gasteiger partial charge in [0.2, 0.25) is 0 Å². The molecule has 1 atom stereocenters. The van der Waals surface area contributed by atoms with Crippen LogP contribution in [0.15, 0.2) is 6.07 Å². The van der Waals surface area contributed by atoms with Crippen molar-refractivity contribution in [1.82, 2.24) is 35.3 Å². The number of H-pyrrole nitrogens is 1. The molecule has 0 radical (unpaired) electrons. The molecule has 0 bridgehead atoms. The maximum Gasteiger partial charge on any atom is 0.269 e. The van der Waals surface area contributed by atoms with Crippen LogP contribution >= 0.6 is 0 Å². The molecule has 3 N–H and O–H groups in total. The lowest BCUT2D eigenvalue weighted by Crippen LogP contribution is -2.35. The van der Waals surface area contributed by atoms with Crippen LogP contribution in [0.1, 0.15) is 59.6 Å². The lowest BCUT2D eigenvalue weighted by molar-refractivity contribution is 0.0995. The third kappa shape index (κ3) is 2.96. The Balaban J connectivity index is 1.44. The van der Waals surface area contributed by atoms with Crippen LogP contribution < -0.4 is 5.73 Å². The van der Waals surface area contributed by atoms with E-state index in [0.29, 0.717) is 17.7 Å². The standard InChI is InChI=1S/C14H20N8O/c15-14(23)12-6-11(16-17-12)9-2-1-5-21(7-9)8-13-18-19-20-22(13)10-3-4-10/h6,9-10H,1-5,7-8H2,(H2,15,23)(H,16,17)/t9-/m0/s1. The largest absolute Gasteiger partial charge is 0.364 e. The zero-order valence-corrected chi connectivity index (χ0v) is 12.9. The molecule has 2 aromatic rings. The lowest BCUT2D eigenvalue weighted by Gasteiger charge is -2.31. The summed E-state index contributed by atoms with van der Waals surface area (Å²) in [6.45, 7) is 2.69. The number of likely N-dealkylation sites (tertiary alicyclic amines) is 1. The highest BCUT2D eigenvalue weighted by molar-refractivity contribution is 5.90. The molecule has 0 aromatic carbocycles. The number of hydrogen-bond donors (Lipinski definition) is 2. The maximum atomic E-state index is 11.2. The quantitative estimate of drug-likeness (QED) is 0.814. The molecule has 9 heteroatoms. The first-order chi connectivity index (χ1) is 11.2. The molecule has 0 unspecified atom stereocenters. The van der Waals surface area contributed by atoms with E-state index in [1.807, 2.05) is 4.68 Å². The van der Waals surface area contributed by atoms with Gasteiger partial charge in [-0.05, 0) is 48.7 Å². The maximum absolute atomic E-state index is 11.2. The van der Waals surface area contributed by atoms with E-state index in [0.717, 1.165) is 44.0 Å². The minimum atomic E-state index is -0.497. The van der Waals surface area contributed by atoms with Crippen molar-refractivity contribution in [2.24, 2.45) is 5.73 Å². The Kier molecular flexibility index (Phi) is 3.56. The van der Waals surface area contributed by atoms with Crippen LogP contribution in [0.4, 0.5) is 0 Å². The first-order valence-electron chi connectivity index (χ1n) is 8.05. The Hall–Kier alpha value is -2.29. The fraction of sp³-hybridized carbons (Fsp3) is 0.643. The van der Waals surface area contributed by atoms with Crippen molar-refractivity contribution in [2.75, 3.05) is 13.1 Å². The molecule has 1 aliphatic heterocycles. The van der Waals surface area contributed by atoms with Gasteiger partial charge in [-0.3, -0.25) is 14.8 Å². The van der Waals surface area contributed by atoms with Gasteiger partial charge in [0.1, 0.15) is 5.69 Å². The van der Waals surface area contributed by atoms with E-state index in [2.05, 4.69) is 30.6 Å². The van der Waals surface area contributed by atoms with Crippen molar-refractivity contribution in [2.45, 2.75) is 44.2 Å². The summed E-state index contributed by atoms with van der Waals surface area (Å²) in [5.41, 5.74) is 6.55. The lowest BCUT2D eigenvalue weighted by atomic mass is 9.94. The molecule has 1 saturated heterocycles. The Morgan fingerprint density at radius 2 is 2.26 bits per heavy atom. The molecule has 122 valence electrons. The molecule has 2 aliphatic rings. The zero-order chi connectivity index (χ0) is 15.8. The highest BCUT2D eigenvalue weighted by Gasteiger charge is 2.30. The molecular formula is C14H20N8O. The Morgan fingerprint density at radius 3 is 3.00 bits per heavy atom. The number of rotatable bonds is 5. The normalized spacial score (nSPS) is 22.3. The number of nitrogens with zero attached hydrogens (tertiary/aromatic N) is 6. The van der Waals surface area contributed by atoms with Crippen LogP contribution in [0.2, 0.25) is 0 Å². The first-order valence-corrected chi connectivity index (χ1v) is 8.05. The summed E-state index contributed by atoms with van der Waals surface area (Å²) >= 11 is 0. The third-order valence-electron chi connectivity index (χ3n) is 4.61. The predicted octanol–water partition coefficient (Wildman–Crippen LogP) is 0.210. The molecule has 1 aliphatic carbocycles. The Bertz CT molecular complexity index is 703. The van der Waals surface area contributed by atoms with E-state index in [-0.39, 0.29) is 0 Å². The molecule has 0 spiro atoms.